The Labute approximate surface area is 87.7 Å². The number of nitro groups is 1. The van der Waals surface area contributed by atoms with Crippen molar-refractivity contribution >= 4 is 17.3 Å². The lowest BCUT2D eigenvalue weighted by molar-refractivity contribution is -0.386. The number of anilines is 1. The summed E-state index contributed by atoms with van der Waals surface area (Å²) in [6, 6.07) is 1.01. The molecule has 8 heteroatoms. The average Bonchev–Trinajstić information content (AvgIpc) is 2.12. The van der Waals surface area contributed by atoms with Gasteiger partial charge in [-0.2, -0.15) is 4.39 Å². The van der Waals surface area contributed by atoms with Crippen LogP contribution in [0.3, 0.4) is 0 Å². The van der Waals surface area contributed by atoms with Gasteiger partial charge in [0.25, 0.3) is 0 Å². The van der Waals surface area contributed by atoms with Crippen molar-refractivity contribution in [2.45, 2.75) is 0 Å². The fourth-order valence-corrected chi connectivity index (χ4v) is 1.06. The lowest BCUT2D eigenvalue weighted by atomic mass is 10.2. The summed E-state index contributed by atoms with van der Waals surface area (Å²) in [4.78, 5) is 19.6. The number of hydrogen-bond acceptors (Lipinski definition) is 4. The number of halogens is 2. The molecular formula is C8H6F2N2O4. The number of benzene rings is 1. The standard InChI is InChI=1S/C8H6F2N2O4/c9-4-1-5(10)8(12(15)16)6(2-4)11-3-7(13)14/h1-2,11H,3H2,(H,13,14). The number of rotatable bonds is 4. The lowest BCUT2D eigenvalue weighted by Gasteiger charge is -2.05. The summed E-state index contributed by atoms with van der Waals surface area (Å²) in [6.07, 6.45) is 0. The molecule has 1 rings (SSSR count). The summed E-state index contributed by atoms with van der Waals surface area (Å²) in [5, 5.41) is 20.8. The fourth-order valence-electron chi connectivity index (χ4n) is 1.06. The van der Waals surface area contributed by atoms with Crippen LogP contribution in [0, 0.1) is 21.7 Å². The number of carboxylic acid groups (broad SMARTS) is 1. The molecular weight excluding hydrogens is 226 g/mol. The second-order valence-corrected chi connectivity index (χ2v) is 2.79. The van der Waals surface area contributed by atoms with Gasteiger partial charge in [0.15, 0.2) is 0 Å². The van der Waals surface area contributed by atoms with E-state index in [9.17, 15) is 23.7 Å². The molecule has 1 aromatic carbocycles. The van der Waals surface area contributed by atoms with Crippen molar-refractivity contribution in [3.05, 3.63) is 33.9 Å². The summed E-state index contributed by atoms with van der Waals surface area (Å²) in [6.45, 7) is -0.677. The number of nitro benzene ring substituents is 1. The number of aliphatic carboxylic acids is 1. The Hall–Kier alpha value is -2.25. The smallest absolute Gasteiger partial charge is 0.327 e. The van der Waals surface area contributed by atoms with E-state index in [0.29, 0.717) is 12.1 Å². The highest BCUT2D eigenvalue weighted by molar-refractivity contribution is 5.75. The molecule has 0 radical (unpaired) electrons. The Kier molecular flexibility index (Phi) is 3.33. The normalized spacial score (nSPS) is 9.88. The molecule has 0 unspecified atom stereocenters. The van der Waals surface area contributed by atoms with Crippen LogP contribution in [0.1, 0.15) is 0 Å². The van der Waals surface area contributed by atoms with E-state index in [1.165, 1.54) is 0 Å². The van der Waals surface area contributed by atoms with Crippen LogP contribution in [0.2, 0.25) is 0 Å². The van der Waals surface area contributed by atoms with Gasteiger partial charge in [0.2, 0.25) is 5.82 Å². The van der Waals surface area contributed by atoms with Crippen LogP contribution in [0.4, 0.5) is 20.2 Å². The monoisotopic (exact) mass is 232 g/mol. The summed E-state index contributed by atoms with van der Waals surface area (Å²) < 4.78 is 25.8. The van der Waals surface area contributed by atoms with Crippen molar-refractivity contribution in [3.8, 4) is 0 Å². The third-order valence-electron chi connectivity index (χ3n) is 1.64. The fraction of sp³-hybridized carbons (Fsp3) is 0.125. The minimum atomic E-state index is -1.36. The molecule has 0 aliphatic heterocycles. The van der Waals surface area contributed by atoms with E-state index in [1.807, 2.05) is 0 Å². The third-order valence-corrected chi connectivity index (χ3v) is 1.64. The van der Waals surface area contributed by atoms with Crippen LogP contribution in [0.5, 0.6) is 0 Å². The van der Waals surface area contributed by atoms with E-state index in [1.54, 1.807) is 0 Å². The van der Waals surface area contributed by atoms with Crippen LogP contribution in [0.25, 0.3) is 0 Å². The van der Waals surface area contributed by atoms with E-state index in [4.69, 9.17) is 5.11 Å². The third kappa shape index (κ3) is 2.62. The number of hydrogen-bond donors (Lipinski definition) is 2. The van der Waals surface area contributed by atoms with Crippen LogP contribution in [0.15, 0.2) is 12.1 Å². The molecule has 2 N–H and O–H groups in total. The predicted molar refractivity (Wildman–Crippen MR) is 49.1 cm³/mol. The molecule has 0 spiro atoms. The number of nitrogens with one attached hydrogen (secondary N) is 1. The molecule has 6 nitrogen and oxygen atoms in total. The Morgan fingerprint density at radius 3 is 2.62 bits per heavy atom. The maximum atomic E-state index is 13.0. The van der Waals surface area contributed by atoms with Gasteiger partial charge in [-0.05, 0) is 0 Å². The summed E-state index contributed by atoms with van der Waals surface area (Å²) >= 11 is 0. The van der Waals surface area contributed by atoms with Crippen molar-refractivity contribution < 1.29 is 23.6 Å². The minimum Gasteiger partial charge on any atom is -0.480 e. The Bertz CT molecular complexity index is 450. The van der Waals surface area contributed by atoms with Gasteiger partial charge in [0.1, 0.15) is 18.0 Å². The molecule has 0 heterocycles. The lowest BCUT2D eigenvalue weighted by Crippen LogP contribution is -2.14. The van der Waals surface area contributed by atoms with Crippen molar-refractivity contribution in [2.24, 2.45) is 0 Å². The second-order valence-electron chi connectivity index (χ2n) is 2.79. The van der Waals surface area contributed by atoms with Crippen LogP contribution >= 0.6 is 0 Å². The number of nitrogens with zero attached hydrogens (tertiary/aromatic N) is 1. The highest BCUT2D eigenvalue weighted by atomic mass is 19.1. The van der Waals surface area contributed by atoms with E-state index >= 15 is 0 Å². The average molecular weight is 232 g/mol. The highest BCUT2D eigenvalue weighted by Crippen LogP contribution is 2.28. The molecule has 0 saturated carbocycles. The van der Waals surface area contributed by atoms with Crippen LogP contribution in [-0.2, 0) is 4.79 Å². The first kappa shape index (κ1) is 11.8. The van der Waals surface area contributed by atoms with Crippen molar-refractivity contribution in [1.29, 1.82) is 0 Å². The van der Waals surface area contributed by atoms with Gasteiger partial charge in [-0.25, -0.2) is 4.39 Å². The van der Waals surface area contributed by atoms with Gasteiger partial charge in [-0.3, -0.25) is 14.9 Å². The molecule has 1 aromatic rings. The molecule has 0 saturated heterocycles. The molecule has 0 atom stereocenters. The molecule has 0 aliphatic carbocycles. The largest absolute Gasteiger partial charge is 0.480 e. The predicted octanol–water partition coefficient (Wildman–Crippen LogP) is 1.37. The molecule has 0 bridgehead atoms. The quantitative estimate of drug-likeness (QED) is 0.604. The zero-order valence-electron chi connectivity index (χ0n) is 7.74. The molecule has 0 fully saturated rings. The van der Waals surface area contributed by atoms with Gasteiger partial charge in [0.05, 0.1) is 4.92 Å². The summed E-state index contributed by atoms with van der Waals surface area (Å²) in [5.74, 6) is -3.70. The molecule has 0 aromatic heterocycles. The van der Waals surface area contributed by atoms with Gasteiger partial charge in [-0.15, -0.1) is 0 Å². The topological polar surface area (TPSA) is 92.5 Å². The van der Waals surface area contributed by atoms with Gasteiger partial charge in [-0.1, -0.05) is 0 Å². The minimum absolute atomic E-state index is 0.351. The van der Waals surface area contributed by atoms with E-state index < -0.39 is 40.4 Å². The zero-order valence-corrected chi connectivity index (χ0v) is 7.74. The maximum absolute atomic E-state index is 13.0. The molecule has 86 valence electrons. The van der Waals surface area contributed by atoms with Gasteiger partial charge >= 0.3 is 11.7 Å². The SMILES string of the molecule is O=C(O)CNc1cc(F)cc(F)c1[N+](=O)[O-]. The van der Waals surface area contributed by atoms with Crippen molar-refractivity contribution in [1.82, 2.24) is 0 Å². The van der Waals surface area contributed by atoms with Crippen molar-refractivity contribution in [2.75, 3.05) is 11.9 Å². The van der Waals surface area contributed by atoms with Crippen molar-refractivity contribution in [3.63, 3.8) is 0 Å². The van der Waals surface area contributed by atoms with Crippen LogP contribution < -0.4 is 5.32 Å². The van der Waals surface area contributed by atoms with Crippen LogP contribution in [-0.4, -0.2) is 22.5 Å². The Morgan fingerprint density at radius 2 is 2.12 bits per heavy atom. The Morgan fingerprint density at radius 1 is 1.50 bits per heavy atom. The summed E-state index contributed by atoms with van der Waals surface area (Å²) in [7, 11) is 0. The number of carboxylic acids is 1. The molecule has 0 amide bonds. The summed E-state index contributed by atoms with van der Waals surface area (Å²) in [5.41, 5.74) is -1.49. The first-order valence-corrected chi connectivity index (χ1v) is 4.01. The van der Waals surface area contributed by atoms with Gasteiger partial charge < -0.3 is 10.4 Å². The van der Waals surface area contributed by atoms with E-state index in [2.05, 4.69) is 5.32 Å². The molecule has 0 aliphatic rings. The highest BCUT2D eigenvalue weighted by Gasteiger charge is 2.22. The Balaban J connectivity index is 3.13. The van der Waals surface area contributed by atoms with Gasteiger partial charge in [0, 0.05) is 12.1 Å². The zero-order chi connectivity index (χ0) is 12.3. The first-order valence-electron chi connectivity index (χ1n) is 4.01. The molecule has 16 heavy (non-hydrogen) atoms. The second kappa shape index (κ2) is 4.51. The van der Waals surface area contributed by atoms with E-state index in [-0.39, 0.29) is 0 Å². The van der Waals surface area contributed by atoms with E-state index in [0.717, 1.165) is 0 Å². The first-order chi connectivity index (χ1) is 7.41. The number of carbonyl (C=O) groups is 1. The maximum Gasteiger partial charge on any atom is 0.327 e.